The lowest BCUT2D eigenvalue weighted by Crippen LogP contribution is -2.30. The molecule has 2 aliphatic rings. The van der Waals surface area contributed by atoms with E-state index in [1.807, 2.05) is 12.1 Å². The van der Waals surface area contributed by atoms with E-state index in [1.54, 1.807) is 6.20 Å². The van der Waals surface area contributed by atoms with Gasteiger partial charge in [0.2, 0.25) is 0 Å². The van der Waals surface area contributed by atoms with Crippen molar-refractivity contribution in [3.05, 3.63) is 69.1 Å². The summed E-state index contributed by atoms with van der Waals surface area (Å²) < 4.78 is 0. The van der Waals surface area contributed by atoms with Crippen molar-refractivity contribution in [3.63, 3.8) is 0 Å². The Balaban J connectivity index is 0.00000121. The fourth-order valence-corrected chi connectivity index (χ4v) is 6.17. The van der Waals surface area contributed by atoms with Crippen molar-refractivity contribution in [1.82, 2.24) is 10.3 Å². The lowest BCUT2D eigenvalue weighted by atomic mass is 10.1. The van der Waals surface area contributed by atoms with Gasteiger partial charge >= 0.3 is 0 Å². The number of carbonyl (C=O) groups excluding carboxylic acids is 1. The number of amides is 1. The van der Waals surface area contributed by atoms with Crippen molar-refractivity contribution in [3.8, 4) is 0 Å². The Kier molecular flexibility index (Phi) is 11.7. The van der Waals surface area contributed by atoms with Gasteiger partial charge in [-0.05, 0) is 61.5 Å². The lowest BCUT2D eigenvalue weighted by molar-refractivity contribution is 0.103. The van der Waals surface area contributed by atoms with Crippen molar-refractivity contribution in [2.24, 2.45) is 10.9 Å². The lowest BCUT2D eigenvalue weighted by Gasteiger charge is -2.26. The molecule has 0 spiro atoms. The van der Waals surface area contributed by atoms with Crippen LogP contribution in [0.4, 0.5) is 5.69 Å². The number of aromatic nitrogens is 1. The molecule has 1 aromatic heterocycles. The highest BCUT2D eigenvalue weighted by Gasteiger charge is 2.27. The highest BCUT2D eigenvalue weighted by atomic mass is 32.1. The largest absolute Gasteiger partial charge is 0.321 e. The van der Waals surface area contributed by atoms with Crippen molar-refractivity contribution in [2.75, 3.05) is 5.32 Å². The first kappa shape index (κ1) is 29.4. The number of carbonyl (C=O) groups is 1. The predicted octanol–water partition coefficient (Wildman–Crippen LogP) is 8.65. The SMILES string of the molecule is CC/C=C1/N=CC(NC(C)c2cccc(NC(=O)c3cnc(C4CC4)s3)c2)P/C1=C\CC(C)C.CCC. The summed E-state index contributed by atoms with van der Waals surface area (Å²) in [6.45, 7) is 13.1. The Morgan fingerprint density at radius 3 is 2.62 bits per heavy atom. The summed E-state index contributed by atoms with van der Waals surface area (Å²) in [4.78, 5) is 22.6. The minimum absolute atomic E-state index is 0.0850. The van der Waals surface area contributed by atoms with Crippen LogP contribution in [0.15, 0.2) is 58.6 Å². The summed E-state index contributed by atoms with van der Waals surface area (Å²) in [5, 5.41) is 9.22. The van der Waals surface area contributed by atoms with E-state index in [2.05, 4.69) is 87.7 Å². The number of allylic oxidation sites excluding steroid dienone is 3. The average molecular weight is 539 g/mol. The topological polar surface area (TPSA) is 66.4 Å². The molecule has 3 unspecified atom stereocenters. The Hall–Kier alpha value is -2.14. The van der Waals surface area contributed by atoms with Crippen LogP contribution in [-0.2, 0) is 0 Å². The minimum atomic E-state index is -0.0850. The minimum Gasteiger partial charge on any atom is -0.321 e. The van der Waals surface area contributed by atoms with Gasteiger partial charge in [0, 0.05) is 23.9 Å². The van der Waals surface area contributed by atoms with Gasteiger partial charge in [-0.2, -0.15) is 0 Å². The van der Waals surface area contributed by atoms with Crippen LogP contribution in [0.25, 0.3) is 0 Å². The zero-order valence-electron chi connectivity index (χ0n) is 23.2. The molecule has 7 heteroatoms. The molecule has 37 heavy (non-hydrogen) atoms. The first-order chi connectivity index (χ1) is 17.8. The molecule has 1 fully saturated rings. The van der Waals surface area contributed by atoms with E-state index < -0.39 is 0 Å². The Morgan fingerprint density at radius 2 is 1.95 bits per heavy atom. The zero-order chi connectivity index (χ0) is 26.8. The number of nitrogens with zero attached hydrogens (tertiary/aromatic N) is 2. The van der Waals surface area contributed by atoms with Crippen LogP contribution in [0.3, 0.4) is 0 Å². The smallest absolute Gasteiger partial charge is 0.267 e. The summed E-state index contributed by atoms with van der Waals surface area (Å²) in [5.41, 5.74) is 3.08. The van der Waals surface area contributed by atoms with Gasteiger partial charge < -0.3 is 5.32 Å². The number of rotatable bonds is 9. The van der Waals surface area contributed by atoms with Crippen molar-refractivity contribution in [2.45, 2.75) is 91.4 Å². The highest BCUT2D eigenvalue weighted by Crippen LogP contribution is 2.42. The molecule has 0 radical (unpaired) electrons. The Bertz CT molecular complexity index is 1120. The molecule has 5 nitrogen and oxygen atoms in total. The number of anilines is 1. The third kappa shape index (κ3) is 9.28. The monoisotopic (exact) mass is 538 g/mol. The van der Waals surface area contributed by atoms with Crippen LogP contribution in [0, 0.1) is 5.92 Å². The van der Waals surface area contributed by atoms with Crippen LogP contribution in [-0.4, -0.2) is 22.9 Å². The molecular weight excluding hydrogens is 495 g/mol. The summed E-state index contributed by atoms with van der Waals surface area (Å²) >= 11 is 1.51. The summed E-state index contributed by atoms with van der Waals surface area (Å²) in [5.74, 6) is 1.33. The molecule has 1 saturated carbocycles. The molecule has 0 bridgehead atoms. The molecule has 2 N–H and O–H groups in total. The van der Waals surface area contributed by atoms with Crippen LogP contribution in [0.5, 0.6) is 0 Å². The summed E-state index contributed by atoms with van der Waals surface area (Å²) in [6, 6.07) is 8.23. The highest BCUT2D eigenvalue weighted by molar-refractivity contribution is 7.45. The number of aliphatic imine (C=N–C) groups is 1. The van der Waals surface area contributed by atoms with Gasteiger partial charge in [-0.15, -0.1) is 11.3 Å². The van der Waals surface area contributed by atoms with Gasteiger partial charge in [-0.3, -0.25) is 15.1 Å². The molecule has 1 aliphatic heterocycles. The van der Waals surface area contributed by atoms with Crippen molar-refractivity contribution >= 4 is 37.7 Å². The van der Waals surface area contributed by atoms with Crippen LogP contribution in [0.1, 0.15) is 106 Å². The van der Waals surface area contributed by atoms with E-state index >= 15 is 0 Å². The molecule has 4 rings (SSSR count). The van der Waals surface area contributed by atoms with E-state index in [0.29, 0.717) is 25.3 Å². The van der Waals surface area contributed by atoms with Gasteiger partial charge in [0.15, 0.2) is 0 Å². The van der Waals surface area contributed by atoms with E-state index in [9.17, 15) is 4.79 Å². The molecule has 2 aromatic rings. The predicted molar refractivity (Wildman–Crippen MR) is 163 cm³/mol. The Labute approximate surface area is 229 Å². The summed E-state index contributed by atoms with van der Waals surface area (Å²) in [7, 11) is 0.648. The van der Waals surface area contributed by atoms with E-state index in [-0.39, 0.29) is 17.7 Å². The fourth-order valence-electron chi connectivity index (χ4n) is 3.82. The molecule has 1 amide bonds. The maximum Gasteiger partial charge on any atom is 0.267 e. The molecule has 2 heterocycles. The van der Waals surface area contributed by atoms with E-state index in [0.717, 1.165) is 34.8 Å². The first-order valence-corrected chi connectivity index (χ1v) is 15.6. The van der Waals surface area contributed by atoms with Gasteiger partial charge in [-0.25, -0.2) is 4.98 Å². The van der Waals surface area contributed by atoms with Crippen LogP contribution >= 0.6 is 19.9 Å². The molecular formula is C30H43N4OPS. The molecule has 3 atom stereocenters. The standard InChI is InChI=1S/C27H35N4OPS.C3H8/c1-5-7-22-23(13-10-17(2)3)33-25(16-28-22)30-18(4)20-8-6-9-21(14-20)31-26(32)24-15-29-27(34-24)19-11-12-19;1-3-2/h6-9,13-19,25,30,33H,5,10-12H2,1-4H3,(H,31,32);3H2,1-2H3/b22-7+,23-13-;. The van der Waals surface area contributed by atoms with Crippen LogP contribution < -0.4 is 10.6 Å². The number of benzene rings is 1. The van der Waals surface area contributed by atoms with Crippen molar-refractivity contribution < 1.29 is 4.79 Å². The summed E-state index contributed by atoms with van der Waals surface area (Å²) in [6.07, 6.45) is 14.0. The zero-order valence-corrected chi connectivity index (χ0v) is 25.0. The molecule has 1 aliphatic carbocycles. The maximum absolute atomic E-state index is 12.7. The third-order valence-corrected chi connectivity index (χ3v) is 8.45. The van der Waals surface area contributed by atoms with E-state index in [4.69, 9.17) is 4.99 Å². The third-order valence-electron chi connectivity index (χ3n) is 5.89. The second-order valence-electron chi connectivity index (χ2n) is 10.2. The van der Waals surface area contributed by atoms with Gasteiger partial charge in [0.25, 0.3) is 5.91 Å². The second-order valence-corrected chi connectivity index (χ2v) is 12.7. The number of thiazole rings is 1. The van der Waals surface area contributed by atoms with Gasteiger partial charge in [-0.1, -0.05) is 73.9 Å². The maximum atomic E-state index is 12.7. The quantitative estimate of drug-likeness (QED) is 0.314. The average Bonchev–Trinajstić information content (AvgIpc) is 3.60. The number of nitrogens with one attached hydrogen (secondary N) is 2. The second kappa shape index (κ2) is 14.7. The van der Waals surface area contributed by atoms with Crippen LogP contribution in [0.2, 0.25) is 0 Å². The Morgan fingerprint density at radius 1 is 1.19 bits per heavy atom. The first-order valence-electron chi connectivity index (χ1n) is 13.7. The molecule has 1 aromatic carbocycles. The van der Waals surface area contributed by atoms with Gasteiger partial charge in [0.05, 0.1) is 22.7 Å². The fraction of sp³-hybridized carbons (Fsp3) is 0.500. The molecule has 200 valence electrons. The van der Waals surface area contributed by atoms with Crippen molar-refractivity contribution in [1.29, 1.82) is 0 Å². The normalized spacial score (nSPS) is 20.8. The molecule has 0 saturated heterocycles. The van der Waals surface area contributed by atoms with Gasteiger partial charge in [0.1, 0.15) is 4.88 Å². The number of hydrogen-bond acceptors (Lipinski definition) is 5. The van der Waals surface area contributed by atoms with E-state index in [1.165, 1.54) is 35.9 Å². The number of hydrogen-bond donors (Lipinski definition) is 2.